The van der Waals surface area contributed by atoms with Crippen molar-refractivity contribution < 1.29 is 58.1 Å². The molecule has 0 spiro atoms. The fourth-order valence-corrected chi connectivity index (χ4v) is 1.48. The van der Waals surface area contributed by atoms with Crippen LogP contribution in [-0.2, 0) is 17.1 Å². The number of hydrogen-bond donors (Lipinski definition) is 6. The van der Waals surface area contributed by atoms with Gasteiger partial charge in [0.25, 0.3) is 0 Å². The Bertz CT molecular complexity index is 714. The average molecular weight is 400 g/mol. The summed E-state index contributed by atoms with van der Waals surface area (Å²) in [6, 6.07) is 4.73. The standard InChI is InChI=1S/2C7H7NO4.Cu/c2*9-5-2-1-4(3-8-12)6(10)7(5)11;/h2*1-3,9-12H;/q;;+2/p-2/b2*8-3+;. The number of phenolic OH excluding ortho intramolecular Hbond substituents is 4. The maximum atomic E-state index is 11.0. The Morgan fingerprint density at radius 3 is 1.28 bits per heavy atom. The van der Waals surface area contributed by atoms with Gasteiger partial charge in [-0.3, -0.25) is 0 Å². The monoisotopic (exact) mass is 399 g/mol. The summed E-state index contributed by atoms with van der Waals surface area (Å²) in [4.78, 5) is 0. The molecule has 2 aromatic carbocycles. The molecule has 0 aliphatic rings. The molecule has 2 aromatic rings. The van der Waals surface area contributed by atoms with Crippen LogP contribution in [0.3, 0.4) is 0 Å². The molecule has 10 nitrogen and oxygen atoms in total. The maximum absolute atomic E-state index is 11.0. The van der Waals surface area contributed by atoms with Gasteiger partial charge in [-0.15, -0.1) is 0 Å². The van der Waals surface area contributed by atoms with E-state index in [1.54, 1.807) is 0 Å². The Kier molecular flexibility index (Phi) is 8.47. The molecular weight excluding hydrogens is 388 g/mol. The Balaban J connectivity index is 0.000000443. The van der Waals surface area contributed by atoms with Crippen LogP contribution in [0.4, 0.5) is 0 Å². The predicted molar refractivity (Wildman–Crippen MR) is 77.2 cm³/mol. The van der Waals surface area contributed by atoms with Crippen LogP contribution in [0.25, 0.3) is 0 Å². The van der Waals surface area contributed by atoms with E-state index in [0.717, 1.165) is 24.6 Å². The molecule has 25 heavy (non-hydrogen) atoms. The van der Waals surface area contributed by atoms with Crippen LogP contribution in [-0.4, -0.2) is 43.3 Å². The van der Waals surface area contributed by atoms with Gasteiger partial charge in [-0.25, -0.2) is 0 Å². The molecule has 0 unspecified atom stereocenters. The van der Waals surface area contributed by atoms with Gasteiger partial charge in [0.15, 0.2) is 11.5 Å². The Morgan fingerprint density at radius 1 is 0.680 bits per heavy atom. The van der Waals surface area contributed by atoms with Crippen molar-refractivity contribution in [1.29, 1.82) is 0 Å². The third-order valence-corrected chi connectivity index (χ3v) is 2.67. The number of hydrogen-bond acceptors (Lipinski definition) is 10. The molecular formula is C14H12CuN2O8. The van der Waals surface area contributed by atoms with Gasteiger partial charge in [0, 0.05) is 0 Å². The first-order chi connectivity index (χ1) is 11.3. The third-order valence-electron chi connectivity index (χ3n) is 2.67. The second kappa shape index (κ2) is 9.75. The van der Waals surface area contributed by atoms with Crippen molar-refractivity contribution >= 4 is 12.4 Å². The van der Waals surface area contributed by atoms with Crippen molar-refractivity contribution in [2.24, 2.45) is 10.3 Å². The smallest absolute Gasteiger partial charge is 0.869 e. The number of oxime groups is 2. The van der Waals surface area contributed by atoms with E-state index in [4.69, 9.17) is 30.8 Å². The minimum absolute atomic E-state index is 0. The summed E-state index contributed by atoms with van der Waals surface area (Å²) < 4.78 is 0. The molecule has 0 amide bonds. The molecule has 0 saturated heterocycles. The van der Waals surface area contributed by atoms with Crippen LogP contribution >= 0.6 is 0 Å². The quantitative estimate of drug-likeness (QED) is 0.133. The van der Waals surface area contributed by atoms with Gasteiger partial charge >= 0.3 is 17.1 Å². The van der Waals surface area contributed by atoms with Gasteiger partial charge in [0.2, 0.25) is 0 Å². The fraction of sp³-hybridized carbons (Fsp3) is 0. The molecule has 0 aromatic heterocycles. The minimum atomic E-state index is -0.771. The first-order valence-corrected chi connectivity index (χ1v) is 6.12. The topological polar surface area (TPSA) is 192 Å². The van der Waals surface area contributed by atoms with Crippen LogP contribution in [0.15, 0.2) is 34.6 Å². The van der Waals surface area contributed by atoms with E-state index < -0.39 is 34.5 Å². The summed E-state index contributed by atoms with van der Waals surface area (Å²) in [5, 5.41) is 78.8. The zero-order valence-electron chi connectivity index (χ0n) is 12.2. The van der Waals surface area contributed by atoms with Crippen molar-refractivity contribution in [3.05, 3.63) is 35.4 Å². The summed E-state index contributed by atoms with van der Waals surface area (Å²) in [5.74, 6) is -4.01. The predicted octanol–water partition coefficient (Wildman–Crippen LogP) is -0.0435. The molecule has 0 heterocycles. The summed E-state index contributed by atoms with van der Waals surface area (Å²) in [6.45, 7) is 0. The molecule has 0 saturated carbocycles. The Hall–Kier alpha value is -3.30. The number of nitrogens with zero attached hydrogens (tertiary/aromatic N) is 2. The fourth-order valence-electron chi connectivity index (χ4n) is 1.48. The van der Waals surface area contributed by atoms with Crippen LogP contribution in [0, 0.1) is 0 Å². The first-order valence-electron chi connectivity index (χ1n) is 6.12. The molecule has 6 N–H and O–H groups in total. The SMILES string of the molecule is [Cu+2].[O-]c1c(/C=N/O)ccc(O)c1O.[O-]c1c(/C=N/O)ccc(O)c1O. The second-order valence-electron chi connectivity index (χ2n) is 4.19. The van der Waals surface area contributed by atoms with Gasteiger partial charge in [-0.1, -0.05) is 21.8 Å². The minimum Gasteiger partial charge on any atom is -0.869 e. The van der Waals surface area contributed by atoms with Crippen molar-refractivity contribution in [2.75, 3.05) is 0 Å². The molecule has 0 aliphatic carbocycles. The first kappa shape index (κ1) is 21.7. The van der Waals surface area contributed by atoms with Crippen LogP contribution in [0.2, 0.25) is 0 Å². The summed E-state index contributed by atoms with van der Waals surface area (Å²) >= 11 is 0. The molecule has 0 bridgehead atoms. The van der Waals surface area contributed by atoms with Gasteiger partial charge in [0.05, 0.1) is 12.4 Å². The molecule has 2 rings (SSSR count). The van der Waals surface area contributed by atoms with E-state index in [2.05, 4.69) is 10.3 Å². The van der Waals surface area contributed by atoms with Crippen LogP contribution < -0.4 is 10.2 Å². The Labute approximate surface area is 151 Å². The molecule has 0 atom stereocenters. The number of rotatable bonds is 2. The van der Waals surface area contributed by atoms with Gasteiger partial charge in [-0.05, 0) is 35.4 Å². The number of phenols is 4. The maximum Gasteiger partial charge on any atom is 2.00 e. The van der Waals surface area contributed by atoms with E-state index in [1.165, 1.54) is 12.1 Å². The third kappa shape index (κ3) is 5.37. The van der Waals surface area contributed by atoms with Gasteiger partial charge in [0.1, 0.15) is 11.5 Å². The van der Waals surface area contributed by atoms with Crippen molar-refractivity contribution in [1.82, 2.24) is 0 Å². The van der Waals surface area contributed by atoms with E-state index in [1.807, 2.05) is 0 Å². The van der Waals surface area contributed by atoms with Crippen molar-refractivity contribution in [2.45, 2.75) is 0 Å². The Morgan fingerprint density at radius 2 is 1.00 bits per heavy atom. The molecule has 0 fully saturated rings. The number of benzene rings is 2. The zero-order valence-corrected chi connectivity index (χ0v) is 13.1. The molecule has 1 radical (unpaired) electrons. The summed E-state index contributed by atoms with van der Waals surface area (Å²) in [6.07, 6.45) is 1.75. The summed E-state index contributed by atoms with van der Waals surface area (Å²) in [5.41, 5.74) is 0.0144. The molecule has 0 aliphatic heterocycles. The average Bonchev–Trinajstić information content (AvgIpc) is 2.57. The van der Waals surface area contributed by atoms with Crippen molar-refractivity contribution in [3.63, 3.8) is 0 Å². The van der Waals surface area contributed by atoms with Gasteiger partial charge < -0.3 is 41.1 Å². The van der Waals surface area contributed by atoms with Gasteiger partial charge in [-0.2, -0.15) is 0 Å². The second-order valence-corrected chi connectivity index (χ2v) is 4.19. The normalized spacial score (nSPS) is 10.2. The van der Waals surface area contributed by atoms with E-state index in [0.29, 0.717) is 0 Å². The van der Waals surface area contributed by atoms with E-state index in [-0.39, 0.29) is 28.2 Å². The van der Waals surface area contributed by atoms with E-state index >= 15 is 0 Å². The van der Waals surface area contributed by atoms with Crippen LogP contribution in [0.1, 0.15) is 11.1 Å². The molecule has 137 valence electrons. The summed E-state index contributed by atoms with van der Waals surface area (Å²) in [7, 11) is 0. The largest absolute Gasteiger partial charge is 2.00 e. The zero-order chi connectivity index (χ0) is 18.3. The number of aromatic hydroxyl groups is 4. The van der Waals surface area contributed by atoms with Crippen LogP contribution in [0.5, 0.6) is 34.5 Å². The van der Waals surface area contributed by atoms with E-state index in [9.17, 15) is 10.2 Å². The van der Waals surface area contributed by atoms with Crippen molar-refractivity contribution in [3.8, 4) is 34.5 Å². The molecule has 11 heteroatoms.